The van der Waals surface area contributed by atoms with Gasteiger partial charge >= 0.3 is 5.97 Å². The van der Waals surface area contributed by atoms with E-state index in [1.165, 1.54) is 18.5 Å². The summed E-state index contributed by atoms with van der Waals surface area (Å²) in [5.74, 6) is -0.905. The number of aromatic amines is 1. The Hall–Kier alpha value is -3.37. The Balaban J connectivity index is 1.47. The minimum Gasteiger partial charge on any atom is -0.457 e. The van der Waals surface area contributed by atoms with E-state index in [1.807, 2.05) is 24.3 Å². The number of fused-ring (bicyclic) bond motifs is 1. The Labute approximate surface area is 243 Å². The lowest BCUT2D eigenvalue weighted by Gasteiger charge is -2.08. The van der Waals surface area contributed by atoms with Crippen LogP contribution in [0.5, 0.6) is 5.75 Å². The van der Waals surface area contributed by atoms with E-state index in [9.17, 15) is 9.59 Å². The summed E-state index contributed by atoms with van der Waals surface area (Å²) in [6, 6.07) is 18.9. The maximum absolute atomic E-state index is 13.3. The van der Waals surface area contributed by atoms with Gasteiger partial charge in [-0.3, -0.25) is 4.79 Å². The van der Waals surface area contributed by atoms with Gasteiger partial charge in [-0.25, -0.2) is 10.2 Å². The molecule has 0 radical (unpaired) electrons. The van der Waals surface area contributed by atoms with Crippen LogP contribution in [0, 0.1) is 0 Å². The third-order valence-corrected chi connectivity index (χ3v) is 7.04. The minimum absolute atomic E-state index is 0.0559. The molecule has 2 aromatic heterocycles. The van der Waals surface area contributed by atoms with E-state index in [2.05, 4.69) is 47.4 Å². The van der Waals surface area contributed by atoms with Crippen LogP contribution < -0.4 is 10.2 Å². The van der Waals surface area contributed by atoms with E-state index < -0.39 is 11.9 Å². The number of esters is 1. The fourth-order valence-corrected chi connectivity index (χ4v) is 5.27. The molecule has 0 aliphatic heterocycles. The van der Waals surface area contributed by atoms with E-state index in [4.69, 9.17) is 32.4 Å². The average Bonchev–Trinajstić information content (AvgIpc) is 3.55. The van der Waals surface area contributed by atoms with Gasteiger partial charge in [0.1, 0.15) is 11.4 Å². The quantitative estimate of drug-likeness (QED) is 0.0820. The standard InChI is InChI=1S/C27H15Br2Cl2N3O4/c28-15-7-8-21(38-27(36)22-6-3-9-37-22)14(10-15)13-32-34-26(35)25-23(17-4-1-2-5-19(17)30)18-11-16(29)12-20(31)24(18)33-25/h1-13,33H,(H,34,35). The van der Waals surface area contributed by atoms with Crippen LogP contribution in [-0.2, 0) is 0 Å². The number of hydrogen-bond donors (Lipinski definition) is 2. The van der Waals surface area contributed by atoms with Crippen molar-refractivity contribution in [3.05, 3.63) is 109 Å². The van der Waals surface area contributed by atoms with Crippen LogP contribution in [0.25, 0.3) is 22.0 Å². The summed E-state index contributed by atoms with van der Waals surface area (Å²) in [5, 5.41) is 5.72. The third-order valence-electron chi connectivity index (χ3n) is 5.46. The van der Waals surface area contributed by atoms with Crippen LogP contribution in [0.1, 0.15) is 26.6 Å². The van der Waals surface area contributed by atoms with Crippen LogP contribution >= 0.6 is 55.1 Å². The van der Waals surface area contributed by atoms with E-state index >= 15 is 0 Å². The number of hydrazone groups is 1. The molecule has 0 saturated heterocycles. The topological polar surface area (TPSA) is 96.7 Å². The molecule has 7 nitrogen and oxygen atoms in total. The van der Waals surface area contributed by atoms with Crippen molar-refractivity contribution >= 4 is 84.1 Å². The number of H-pyrrole nitrogens is 1. The summed E-state index contributed by atoms with van der Waals surface area (Å²) in [5.41, 5.74) is 5.01. The summed E-state index contributed by atoms with van der Waals surface area (Å²) in [6.07, 6.45) is 2.75. The first-order chi connectivity index (χ1) is 18.3. The van der Waals surface area contributed by atoms with Gasteiger partial charge in [0, 0.05) is 36.0 Å². The van der Waals surface area contributed by atoms with Crippen molar-refractivity contribution in [3.8, 4) is 16.9 Å². The molecule has 0 fully saturated rings. The number of amides is 1. The zero-order chi connectivity index (χ0) is 26.8. The number of nitrogens with one attached hydrogen (secondary N) is 2. The molecule has 0 saturated carbocycles. The molecule has 2 heterocycles. The second-order valence-electron chi connectivity index (χ2n) is 7.91. The highest BCUT2D eigenvalue weighted by molar-refractivity contribution is 9.10. The van der Waals surface area contributed by atoms with Gasteiger partial charge in [0.05, 0.1) is 23.0 Å². The predicted octanol–water partition coefficient (Wildman–Crippen LogP) is 8.24. The van der Waals surface area contributed by atoms with Gasteiger partial charge in [-0.05, 0) is 48.5 Å². The molecule has 11 heteroatoms. The SMILES string of the molecule is O=C(Oc1ccc(Br)cc1C=NNC(=O)c1[nH]c2c(Cl)cc(Br)cc2c1-c1ccccc1Cl)c1ccco1. The van der Waals surface area contributed by atoms with Gasteiger partial charge in [0.2, 0.25) is 5.76 Å². The number of halogens is 4. The van der Waals surface area contributed by atoms with E-state index in [-0.39, 0.29) is 17.2 Å². The minimum atomic E-state index is -0.665. The molecule has 38 heavy (non-hydrogen) atoms. The maximum Gasteiger partial charge on any atom is 0.379 e. The molecule has 0 aliphatic carbocycles. The molecule has 1 amide bonds. The molecule has 3 aromatic carbocycles. The molecule has 0 spiro atoms. The molecular weight excluding hydrogens is 661 g/mol. The lowest BCUT2D eigenvalue weighted by Crippen LogP contribution is -2.19. The molecular formula is C27H15Br2Cl2N3O4. The van der Waals surface area contributed by atoms with Crippen molar-refractivity contribution in [3.63, 3.8) is 0 Å². The third kappa shape index (κ3) is 5.42. The van der Waals surface area contributed by atoms with Gasteiger partial charge in [0.15, 0.2) is 0 Å². The number of rotatable bonds is 6. The number of benzene rings is 3. The van der Waals surface area contributed by atoms with Crippen LogP contribution in [0.3, 0.4) is 0 Å². The van der Waals surface area contributed by atoms with Crippen molar-refractivity contribution in [2.75, 3.05) is 0 Å². The number of nitrogens with zero attached hydrogens (tertiary/aromatic N) is 1. The number of carbonyl (C=O) groups is 2. The predicted molar refractivity (Wildman–Crippen MR) is 154 cm³/mol. The lowest BCUT2D eigenvalue weighted by atomic mass is 10.0. The van der Waals surface area contributed by atoms with Crippen molar-refractivity contribution in [2.45, 2.75) is 0 Å². The number of carbonyl (C=O) groups excluding carboxylic acids is 2. The Bertz CT molecular complexity index is 1720. The van der Waals surface area contributed by atoms with Gasteiger partial charge in [-0.2, -0.15) is 5.10 Å². The second kappa shape index (κ2) is 11.2. The average molecular weight is 676 g/mol. The van der Waals surface area contributed by atoms with Crippen molar-refractivity contribution in [1.82, 2.24) is 10.4 Å². The maximum atomic E-state index is 13.3. The zero-order valence-electron chi connectivity index (χ0n) is 19.1. The summed E-state index contributed by atoms with van der Waals surface area (Å²) in [7, 11) is 0. The van der Waals surface area contributed by atoms with Crippen LogP contribution in [0.4, 0.5) is 0 Å². The van der Waals surface area contributed by atoms with Crippen molar-refractivity contribution < 1.29 is 18.7 Å². The fourth-order valence-electron chi connectivity index (χ4n) is 3.81. The number of hydrogen-bond acceptors (Lipinski definition) is 5. The van der Waals surface area contributed by atoms with Gasteiger partial charge in [-0.15, -0.1) is 0 Å². The second-order valence-corrected chi connectivity index (χ2v) is 10.6. The molecule has 0 unspecified atom stereocenters. The Kier molecular flexibility index (Phi) is 7.71. The van der Waals surface area contributed by atoms with E-state index in [0.29, 0.717) is 37.6 Å². The fraction of sp³-hybridized carbons (Fsp3) is 0. The van der Waals surface area contributed by atoms with Crippen molar-refractivity contribution in [1.29, 1.82) is 0 Å². The Morgan fingerprint density at radius 3 is 2.55 bits per heavy atom. The summed E-state index contributed by atoms with van der Waals surface area (Å²) >= 11 is 19.8. The highest BCUT2D eigenvalue weighted by atomic mass is 79.9. The highest BCUT2D eigenvalue weighted by Crippen LogP contribution is 2.40. The summed E-state index contributed by atoms with van der Waals surface area (Å²) in [6.45, 7) is 0. The van der Waals surface area contributed by atoms with Crippen molar-refractivity contribution in [2.24, 2.45) is 5.10 Å². The largest absolute Gasteiger partial charge is 0.457 e. The Morgan fingerprint density at radius 2 is 1.79 bits per heavy atom. The van der Waals surface area contributed by atoms with Gasteiger partial charge in [0.25, 0.3) is 5.91 Å². The first kappa shape index (κ1) is 26.2. The highest BCUT2D eigenvalue weighted by Gasteiger charge is 2.22. The molecule has 190 valence electrons. The normalized spacial score (nSPS) is 11.3. The number of furan rings is 1. The summed E-state index contributed by atoms with van der Waals surface area (Å²) in [4.78, 5) is 28.8. The van der Waals surface area contributed by atoms with Gasteiger partial charge in [-0.1, -0.05) is 73.3 Å². The monoisotopic (exact) mass is 673 g/mol. The molecule has 2 N–H and O–H groups in total. The number of ether oxygens (including phenoxy) is 1. The first-order valence-electron chi connectivity index (χ1n) is 11.0. The molecule has 5 rings (SSSR count). The molecule has 0 atom stereocenters. The van der Waals surface area contributed by atoms with Crippen LogP contribution in [0.2, 0.25) is 10.0 Å². The van der Waals surface area contributed by atoms with E-state index in [1.54, 1.807) is 36.4 Å². The zero-order valence-corrected chi connectivity index (χ0v) is 23.8. The molecule has 5 aromatic rings. The first-order valence-corrected chi connectivity index (χ1v) is 13.3. The molecule has 0 aliphatic rings. The van der Waals surface area contributed by atoms with Gasteiger partial charge < -0.3 is 14.1 Å². The van der Waals surface area contributed by atoms with E-state index in [0.717, 1.165) is 8.95 Å². The van der Waals surface area contributed by atoms with Crippen LogP contribution in [0.15, 0.2) is 91.5 Å². The Morgan fingerprint density at radius 1 is 0.974 bits per heavy atom. The number of aromatic nitrogens is 1. The summed E-state index contributed by atoms with van der Waals surface area (Å²) < 4.78 is 12.0. The lowest BCUT2D eigenvalue weighted by molar-refractivity contribution is 0.0700. The van der Waals surface area contributed by atoms with Crippen LogP contribution in [-0.4, -0.2) is 23.1 Å². The smallest absolute Gasteiger partial charge is 0.379 e. The molecule has 0 bridgehead atoms.